The zero-order valence-electron chi connectivity index (χ0n) is 13.8. The van der Waals surface area contributed by atoms with Crippen molar-refractivity contribution in [3.8, 4) is 5.75 Å². The number of amides is 2. The summed E-state index contributed by atoms with van der Waals surface area (Å²) in [6, 6.07) is 12.4. The second-order valence-electron chi connectivity index (χ2n) is 5.40. The first-order chi connectivity index (χ1) is 12.2. The molecule has 7 nitrogen and oxygen atoms in total. The molecule has 0 unspecified atom stereocenters. The molecule has 2 aromatic carbocycles. The van der Waals surface area contributed by atoms with Gasteiger partial charge >= 0.3 is 6.03 Å². The van der Waals surface area contributed by atoms with E-state index >= 15 is 0 Å². The van der Waals surface area contributed by atoms with Crippen molar-refractivity contribution in [2.45, 2.75) is 6.54 Å². The molecule has 0 radical (unpaired) electrons. The van der Waals surface area contributed by atoms with Crippen LogP contribution in [0.1, 0.15) is 11.1 Å². The molecule has 1 aliphatic heterocycles. The van der Waals surface area contributed by atoms with E-state index in [0.717, 1.165) is 11.1 Å². The number of carbonyl (C=O) groups excluding carboxylic acids is 1. The number of hydrogen-bond acceptors (Lipinski definition) is 5. The maximum Gasteiger partial charge on any atom is 0.323 e. The van der Waals surface area contributed by atoms with E-state index in [1.807, 2.05) is 24.3 Å². The highest BCUT2D eigenvalue weighted by Crippen LogP contribution is 2.30. The van der Waals surface area contributed by atoms with Gasteiger partial charge in [0.05, 0.1) is 12.7 Å². The second kappa shape index (κ2) is 7.59. The van der Waals surface area contributed by atoms with Gasteiger partial charge in [-0.2, -0.15) is 0 Å². The van der Waals surface area contributed by atoms with Gasteiger partial charge in [-0.1, -0.05) is 12.1 Å². The minimum atomic E-state index is -0.345. The topological polar surface area (TPSA) is 97.6 Å². The Hall–Kier alpha value is -3.19. The van der Waals surface area contributed by atoms with Crippen LogP contribution in [0.5, 0.6) is 5.75 Å². The Labute approximate surface area is 145 Å². The quantitative estimate of drug-likeness (QED) is 0.671. The first-order valence-electron chi connectivity index (χ1n) is 7.81. The maximum atomic E-state index is 12.2. The van der Waals surface area contributed by atoms with Crippen LogP contribution in [0.15, 0.2) is 48.7 Å². The van der Waals surface area contributed by atoms with Crippen molar-refractivity contribution in [2.75, 3.05) is 24.5 Å². The van der Waals surface area contributed by atoms with Gasteiger partial charge in [-0.15, -0.1) is 0 Å². The highest BCUT2D eigenvalue weighted by molar-refractivity contribution is 6.00. The molecule has 2 amide bonds. The zero-order valence-corrected chi connectivity index (χ0v) is 13.8. The summed E-state index contributed by atoms with van der Waals surface area (Å²) in [5.74, 6) is 1.31. The molecule has 1 heterocycles. The van der Waals surface area contributed by atoms with Crippen LogP contribution in [0.4, 0.5) is 16.2 Å². The van der Waals surface area contributed by atoms with Crippen molar-refractivity contribution in [2.24, 2.45) is 5.73 Å². The number of nitrogens with one attached hydrogen (secondary N) is 3. The molecule has 0 spiro atoms. The third-order valence-corrected chi connectivity index (χ3v) is 3.69. The molecular formula is C18H20N4O3. The molecule has 5 N–H and O–H groups in total. The van der Waals surface area contributed by atoms with Crippen LogP contribution in [-0.4, -0.2) is 19.9 Å². The van der Waals surface area contributed by atoms with Crippen molar-refractivity contribution in [3.63, 3.8) is 0 Å². The number of anilines is 2. The summed E-state index contributed by atoms with van der Waals surface area (Å²) in [4.78, 5) is 12.2. The third-order valence-electron chi connectivity index (χ3n) is 3.69. The lowest BCUT2D eigenvalue weighted by Crippen LogP contribution is -2.19. The molecule has 3 rings (SSSR count). The van der Waals surface area contributed by atoms with E-state index in [2.05, 4.69) is 16.0 Å². The number of benzene rings is 2. The second-order valence-corrected chi connectivity index (χ2v) is 5.40. The van der Waals surface area contributed by atoms with Crippen LogP contribution < -0.4 is 26.4 Å². The minimum absolute atomic E-state index is 0.345. The predicted molar refractivity (Wildman–Crippen MR) is 97.0 cm³/mol. The number of ether oxygens (including phenoxy) is 2. The SMILES string of the molecule is COc1cc(NC(=O)Nc2cccc(CN)c2)ccc1C1=CNCO1. The summed E-state index contributed by atoms with van der Waals surface area (Å²) >= 11 is 0. The number of carbonyl (C=O) groups is 1. The van der Waals surface area contributed by atoms with Gasteiger partial charge in [0.1, 0.15) is 11.5 Å². The molecule has 25 heavy (non-hydrogen) atoms. The summed E-state index contributed by atoms with van der Waals surface area (Å²) in [6.07, 6.45) is 1.78. The van der Waals surface area contributed by atoms with E-state index in [1.165, 1.54) is 0 Å². The van der Waals surface area contributed by atoms with Crippen molar-refractivity contribution >= 4 is 23.2 Å². The van der Waals surface area contributed by atoms with Crippen molar-refractivity contribution in [1.82, 2.24) is 5.32 Å². The van der Waals surface area contributed by atoms with Gasteiger partial charge in [-0.3, -0.25) is 0 Å². The van der Waals surface area contributed by atoms with Crippen molar-refractivity contribution in [3.05, 3.63) is 59.8 Å². The van der Waals surface area contributed by atoms with Crippen LogP contribution in [0.2, 0.25) is 0 Å². The number of hydrogen-bond donors (Lipinski definition) is 4. The van der Waals surface area contributed by atoms with Crippen LogP contribution in [0.25, 0.3) is 5.76 Å². The average molecular weight is 340 g/mol. The van der Waals surface area contributed by atoms with Gasteiger partial charge in [0.15, 0.2) is 6.73 Å². The summed E-state index contributed by atoms with van der Waals surface area (Å²) in [5, 5.41) is 8.54. The molecule has 1 aliphatic rings. The number of rotatable bonds is 5. The fraction of sp³-hybridized carbons (Fsp3) is 0.167. The van der Waals surface area contributed by atoms with E-state index in [4.69, 9.17) is 15.2 Å². The van der Waals surface area contributed by atoms with E-state index in [0.29, 0.717) is 36.2 Å². The fourth-order valence-corrected chi connectivity index (χ4v) is 2.49. The number of nitrogens with two attached hydrogens (primary N) is 1. The summed E-state index contributed by atoms with van der Waals surface area (Å²) in [7, 11) is 1.57. The first-order valence-corrected chi connectivity index (χ1v) is 7.81. The molecule has 0 atom stereocenters. The highest BCUT2D eigenvalue weighted by Gasteiger charge is 2.14. The lowest BCUT2D eigenvalue weighted by molar-refractivity contribution is 0.262. The van der Waals surface area contributed by atoms with Gasteiger partial charge in [-0.25, -0.2) is 4.79 Å². The number of urea groups is 1. The van der Waals surface area contributed by atoms with Gasteiger partial charge in [-0.05, 0) is 29.8 Å². The Bertz CT molecular complexity index is 805. The average Bonchev–Trinajstić information content (AvgIpc) is 3.16. The zero-order chi connectivity index (χ0) is 17.6. The Morgan fingerprint density at radius 3 is 2.72 bits per heavy atom. The fourth-order valence-electron chi connectivity index (χ4n) is 2.49. The number of methoxy groups -OCH3 is 1. The minimum Gasteiger partial charge on any atom is -0.496 e. The molecule has 0 bridgehead atoms. The molecular weight excluding hydrogens is 320 g/mol. The third kappa shape index (κ3) is 4.02. The summed E-state index contributed by atoms with van der Waals surface area (Å²) in [6.45, 7) is 0.853. The van der Waals surface area contributed by atoms with Crippen molar-refractivity contribution < 1.29 is 14.3 Å². The highest BCUT2D eigenvalue weighted by atomic mass is 16.5. The van der Waals surface area contributed by atoms with Gasteiger partial charge < -0.3 is 31.2 Å². The smallest absolute Gasteiger partial charge is 0.323 e. The predicted octanol–water partition coefficient (Wildman–Crippen LogP) is 2.67. The van der Waals surface area contributed by atoms with Crippen molar-refractivity contribution in [1.29, 1.82) is 0 Å². The maximum absolute atomic E-state index is 12.2. The lowest BCUT2D eigenvalue weighted by Gasteiger charge is -2.12. The standard InChI is InChI=1S/C18H20N4O3/c1-24-16-8-14(5-6-15(16)17-10-20-11-25-17)22-18(23)21-13-4-2-3-12(7-13)9-19/h2-8,10,20H,9,11,19H2,1H3,(H2,21,22,23). The normalized spacial score (nSPS) is 12.6. The molecule has 0 saturated heterocycles. The molecule has 0 aromatic heterocycles. The van der Waals surface area contributed by atoms with Gasteiger partial charge in [0.25, 0.3) is 0 Å². The van der Waals surface area contributed by atoms with E-state index in [1.54, 1.807) is 31.5 Å². The molecule has 0 saturated carbocycles. The Morgan fingerprint density at radius 1 is 1.24 bits per heavy atom. The van der Waals surface area contributed by atoms with E-state index in [9.17, 15) is 4.79 Å². The Morgan fingerprint density at radius 2 is 2.04 bits per heavy atom. The molecule has 0 fully saturated rings. The van der Waals surface area contributed by atoms with E-state index in [-0.39, 0.29) is 6.03 Å². The monoisotopic (exact) mass is 340 g/mol. The molecule has 2 aromatic rings. The van der Waals surface area contributed by atoms with Crippen LogP contribution >= 0.6 is 0 Å². The van der Waals surface area contributed by atoms with Gasteiger partial charge in [0, 0.05) is 30.2 Å². The first kappa shape index (κ1) is 16.7. The van der Waals surface area contributed by atoms with Crippen LogP contribution in [0.3, 0.4) is 0 Å². The largest absolute Gasteiger partial charge is 0.496 e. The lowest BCUT2D eigenvalue weighted by atomic mass is 10.1. The summed E-state index contributed by atoms with van der Waals surface area (Å²) < 4.78 is 10.9. The van der Waals surface area contributed by atoms with Crippen LogP contribution in [0, 0.1) is 0 Å². The Balaban J connectivity index is 1.70. The van der Waals surface area contributed by atoms with E-state index < -0.39 is 0 Å². The Kier molecular flexibility index (Phi) is 5.06. The van der Waals surface area contributed by atoms with Gasteiger partial charge in [0.2, 0.25) is 0 Å². The van der Waals surface area contributed by atoms with Crippen LogP contribution in [-0.2, 0) is 11.3 Å². The molecule has 130 valence electrons. The molecule has 0 aliphatic carbocycles. The molecule has 7 heteroatoms. The summed E-state index contributed by atoms with van der Waals surface area (Å²) in [5.41, 5.74) is 8.66.